The van der Waals surface area contributed by atoms with Crippen LogP contribution in [0.3, 0.4) is 0 Å². The number of fused-ring (bicyclic) bond motifs is 2. The summed E-state index contributed by atoms with van der Waals surface area (Å²) in [6, 6.07) is 16.5. The molecule has 1 aliphatic carbocycles. The van der Waals surface area contributed by atoms with E-state index in [-0.39, 0.29) is 5.92 Å². The lowest BCUT2D eigenvalue weighted by molar-refractivity contribution is -0.147. The van der Waals surface area contributed by atoms with Crippen molar-refractivity contribution in [3.8, 4) is 0 Å². The zero-order valence-electron chi connectivity index (χ0n) is 12.5. The third-order valence-electron chi connectivity index (χ3n) is 4.67. The third-order valence-corrected chi connectivity index (χ3v) is 4.67. The molecule has 0 saturated carbocycles. The van der Waals surface area contributed by atoms with Crippen LogP contribution in [-0.2, 0) is 17.6 Å². The predicted octanol–water partition coefficient (Wildman–Crippen LogP) is 4.03. The third kappa shape index (κ3) is 2.25. The van der Waals surface area contributed by atoms with E-state index in [1.54, 1.807) is 0 Å². The minimum atomic E-state index is -0.837. The zero-order chi connectivity index (χ0) is 15.0. The van der Waals surface area contributed by atoms with Gasteiger partial charge in [-0.05, 0) is 48.9 Å². The summed E-state index contributed by atoms with van der Waals surface area (Å²) in [6.07, 6.45) is 1.94. The quantitative estimate of drug-likeness (QED) is 0.902. The van der Waals surface area contributed by atoms with E-state index in [1.165, 1.54) is 11.1 Å². The van der Waals surface area contributed by atoms with Gasteiger partial charge in [0.15, 0.2) is 0 Å². The second-order valence-electron chi connectivity index (χ2n) is 6.36. The molecule has 0 atom stereocenters. The van der Waals surface area contributed by atoms with Crippen LogP contribution in [0.2, 0.25) is 0 Å². The number of carboxylic acids is 1. The molecule has 3 rings (SSSR count). The molecule has 0 spiro atoms. The Hall–Kier alpha value is -2.09. The molecule has 0 heterocycles. The number of rotatable bonds is 2. The van der Waals surface area contributed by atoms with Crippen molar-refractivity contribution in [3.05, 3.63) is 70.8 Å². The van der Waals surface area contributed by atoms with E-state index in [2.05, 4.69) is 24.3 Å². The van der Waals surface area contributed by atoms with Gasteiger partial charge in [0.25, 0.3) is 0 Å². The van der Waals surface area contributed by atoms with Gasteiger partial charge in [0.05, 0.1) is 5.41 Å². The van der Waals surface area contributed by atoms with Crippen molar-refractivity contribution >= 4 is 5.97 Å². The van der Waals surface area contributed by atoms with Crippen molar-refractivity contribution in [1.82, 2.24) is 0 Å². The summed E-state index contributed by atoms with van der Waals surface area (Å²) in [5.41, 5.74) is 4.03. The van der Waals surface area contributed by atoms with Crippen LogP contribution in [0.15, 0.2) is 48.5 Å². The first-order valence-electron chi connectivity index (χ1n) is 7.41. The number of aliphatic carboxylic acids is 1. The number of hydrogen-bond donors (Lipinski definition) is 1. The highest BCUT2D eigenvalue weighted by molar-refractivity contribution is 5.76. The lowest BCUT2D eigenvalue weighted by Crippen LogP contribution is -2.32. The summed E-state index contributed by atoms with van der Waals surface area (Å²) < 4.78 is 0. The van der Waals surface area contributed by atoms with Gasteiger partial charge >= 0.3 is 5.97 Å². The molecule has 1 N–H and O–H groups in total. The van der Waals surface area contributed by atoms with Crippen molar-refractivity contribution in [2.24, 2.45) is 5.41 Å². The van der Waals surface area contributed by atoms with Gasteiger partial charge in [-0.15, -0.1) is 0 Å². The lowest BCUT2D eigenvalue weighted by Gasteiger charge is -2.32. The van der Waals surface area contributed by atoms with Gasteiger partial charge in [0.2, 0.25) is 0 Å². The Kier molecular flexibility index (Phi) is 3.32. The number of aryl methyl sites for hydroxylation is 2. The Balaban J connectivity index is 2.28. The summed E-state index contributed by atoms with van der Waals surface area (Å²) in [5.74, 6) is -0.857. The maximum atomic E-state index is 11.9. The highest BCUT2D eigenvalue weighted by atomic mass is 16.4. The Morgan fingerprint density at radius 1 is 0.952 bits per heavy atom. The minimum Gasteiger partial charge on any atom is -0.481 e. The monoisotopic (exact) mass is 280 g/mol. The van der Waals surface area contributed by atoms with Crippen molar-refractivity contribution < 1.29 is 9.90 Å². The van der Waals surface area contributed by atoms with Crippen LogP contribution < -0.4 is 0 Å². The van der Waals surface area contributed by atoms with E-state index < -0.39 is 11.4 Å². The molecule has 2 aromatic rings. The summed E-state index contributed by atoms with van der Waals surface area (Å²) >= 11 is 0. The lowest BCUT2D eigenvalue weighted by atomic mass is 9.70. The molecule has 0 unspecified atom stereocenters. The van der Waals surface area contributed by atoms with E-state index in [1.807, 2.05) is 38.1 Å². The van der Waals surface area contributed by atoms with Gasteiger partial charge in [-0.3, -0.25) is 4.79 Å². The van der Waals surface area contributed by atoms with Crippen molar-refractivity contribution in [2.45, 2.75) is 32.6 Å². The predicted molar refractivity (Wildman–Crippen MR) is 83.6 cm³/mol. The molecule has 2 heteroatoms. The van der Waals surface area contributed by atoms with E-state index in [0.29, 0.717) is 0 Å². The van der Waals surface area contributed by atoms with Gasteiger partial charge in [-0.1, -0.05) is 48.5 Å². The molecular weight excluding hydrogens is 260 g/mol. The second kappa shape index (κ2) is 5.03. The molecule has 0 fully saturated rings. The van der Waals surface area contributed by atoms with E-state index >= 15 is 0 Å². The van der Waals surface area contributed by atoms with Crippen LogP contribution >= 0.6 is 0 Å². The van der Waals surface area contributed by atoms with Crippen LogP contribution in [0.4, 0.5) is 0 Å². The molecule has 108 valence electrons. The molecule has 0 amide bonds. The second-order valence-corrected chi connectivity index (χ2v) is 6.36. The van der Waals surface area contributed by atoms with Crippen molar-refractivity contribution in [1.29, 1.82) is 0 Å². The first kappa shape index (κ1) is 13.9. The molecular formula is C19H20O2. The summed E-state index contributed by atoms with van der Waals surface area (Å²) in [5, 5.41) is 9.74. The van der Waals surface area contributed by atoms with Crippen LogP contribution in [0, 0.1) is 5.41 Å². The topological polar surface area (TPSA) is 37.3 Å². The minimum absolute atomic E-state index is 0.107. The zero-order valence-corrected chi connectivity index (χ0v) is 12.5. The van der Waals surface area contributed by atoms with Crippen LogP contribution in [0.5, 0.6) is 0 Å². The Morgan fingerprint density at radius 3 is 1.81 bits per heavy atom. The summed E-state index contributed by atoms with van der Waals surface area (Å²) in [7, 11) is 0. The first-order valence-corrected chi connectivity index (χ1v) is 7.41. The van der Waals surface area contributed by atoms with Gasteiger partial charge in [0.1, 0.15) is 0 Å². The summed E-state index contributed by atoms with van der Waals surface area (Å²) in [4.78, 5) is 11.9. The molecule has 2 nitrogen and oxygen atoms in total. The number of hydrogen-bond acceptors (Lipinski definition) is 1. The standard InChI is InChI=1S/C19H20O2/c1-19(2,18(20)21)17-15-9-5-3-7-13(15)11-12-14-8-4-6-10-16(14)17/h3-10,17H,11-12H2,1-2H3,(H,20,21). The molecule has 1 aliphatic rings. The van der Waals surface area contributed by atoms with E-state index in [4.69, 9.17) is 0 Å². The van der Waals surface area contributed by atoms with Crippen molar-refractivity contribution in [2.75, 3.05) is 0 Å². The van der Waals surface area contributed by atoms with Crippen molar-refractivity contribution in [3.63, 3.8) is 0 Å². The largest absolute Gasteiger partial charge is 0.481 e. The molecule has 0 saturated heterocycles. The number of benzene rings is 2. The van der Waals surface area contributed by atoms with Gasteiger partial charge < -0.3 is 5.11 Å². The molecule has 0 bridgehead atoms. The maximum Gasteiger partial charge on any atom is 0.310 e. The van der Waals surface area contributed by atoms with Gasteiger partial charge in [0, 0.05) is 5.92 Å². The molecule has 0 radical (unpaired) electrons. The average molecular weight is 280 g/mol. The normalized spacial score (nSPS) is 15.0. The van der Waals surface area contributed by atoms with Crippen LogP contribution in [0.1, 0.15) is 42.0 Å². The number of carbonyl (C=O) groups is 1. The van der Waals surface area contributed by atoms with E-state index in [0.717, 1.165) is 24.0 Å². The maximum absolute atomic E-state index is 11.9. The Morgan fingerprint density at radius 2 is 1.38 bits per heavy atom. The fourth-order valence-corrected chi connectivity index (χ4v) is 3.42. The SMILES string of the molecule is CC(C)(C(=O)O)C1c2ccccc2CCc2ccccc21. The van der Waals surface area contributed by atoms with Gasteiger partial charge in [-0.25, -0.2) is 0 Å². The smallest absolute Gasteiger partial charge is 0.310 e. The highest BCUT2D eigenvalue weighted by Crippen LogP contribution is 2.45. The molecule has 2 aromatic carbocycles. The van der Waals surface area contributed by atoms with Crippen LogP contribution in [-0.4, -0.2) is 11.1 Å². The number of carboxylic acid groups (broad SMARTS) is 1. The van der Waals surface area contributed by atoms with E-state index in [9.17, 15) is 9.90 Å². The average Bonchev–Trinajstić information content (AvgIpc) is 2.64. The fourth-order valence-electron chi connectivity index (χ4n) is 3.42. The fraction of sp³-hybridized carbons (Fsp3) is 0.316. The molecule has 0 aliphatic heterocycles. The van der Waals surface area contributed by atoms with Gasteiger partial charge in [-0.2, -0.15) is 0 Å². The molecule has 21 heavy (non-hydrogen) atoms. The molecule has 0 aromatic heterocycles. The first-order chi connectivity index (χ1) is 10.0. The highest BCUT2D eigenvalue weighted by Gasteiger charge is 2.41. The Labute approximate surface area is 125 Å². The van der Waals surface area contributed by atoms with Crippen LogP contribution in [0.25, 0.3) is 0 Å². The Bertz CT molecular complexity index is 638. The summed E-state index contributed by atoms with van der Waals surface area (Å²) in [6.45, 7) is 3.66.